The first kappa shape index (κ1) is 15.3. The normalized spacial score (nSPS) is 10.5. The van der Waals surface area contributed by atoms with Gasteiger partial charge < -0.3 is 5.32 Å². The fourth-order valence-electron chi connectivity index (χ4n) is 2.10. The Kier molecular flexibility index (Phi) is 4.43. The fourth-order valence-corrected chi connectivity index (χ4v) is 2.30. The van der Waals surface area contributed by atoms with Gasteiger partial charge in [-0.2, -0.15) is 0 Å². The second-order valence-electron chi connectivity index (χ2n) is 4.78. The van der Waals surface area contributed by atoms with Crippen LogP contribution in [0.15, 0.2) is 30.3 Å². The molecule has 0 unspecified atom stereocenters. The van der Waals surface area contributed by atoms with Crippen LogP contribution in [0.25, 0.3) is 0 Å². The largest absolute Gasteiger partial charge is 0.380 e. The van der Waals surface area contributed by atoms with E-state index < -0.39 is 10.7 Å². The summed E-state index contributed by atoms with van der Waals surface area (Å²) in [6, 6.07) is 7.95. The number of benzene rings is 2. The van der Waals surface area contributed by atoms with E-state index in [1.54, 1.807) is 25.1 Å². The number of nitrogens with one attached hydrogen (secondary N) is 1. The molecular weight excluding hydrogens is 295 g/mol. The van der Waals surface area contributed by atoms with Gasteiger partial charge in [0.2, 0.25) is 0 Å². The van der Waals surface area contributed by atoms with Gasteiger partial charge in [-0.25, -0.2) is 4.39 Å². The lowest BCUT2D eigenvalue weighted by molar-refractivity contribution is -0.385. The summed E-state index contributed by atoms with van der Waals surface area (Å²) in [5, 5.41) is 14.0. The molecule has 0 heterocycles. The van der Waals surface area contributed by atoms with Crippen LogP contribution in [0.1, 0.15) is 16.7 Å². The molecule has 0 amide bonds. The van der Waals surface area contributed by atoms with Crippen LogP contribution in [0.4, 0.5) is 15.8 Å². The molecule has 1 N–H and O–H groups in total. The van der Waals surface area contributed by atoms with Crippen molar-refractivity contribution in [1.82, 2.24) is 0 Å². The maximum absolute atomic E-state index is 13.8. The summed E-state index contributed by atoms with van der Waals surface area (Å²) in [5.41, 5.74) is 2.50. The first-order valence-corrected chi connectivity index (χ1v) is 6.70. The van der Waals surface area contributed by atoms with Gasteiger partial charge in [-0.15, -0.1) is 0 Å². The van der Waals surface area contributed by atoms with E-state index in [1.165, 1.54) is 12.1 Å². The molecule has 110 valence electrons. The van der Waals surface area contributed by atoms with Gasteiger partial charge >= 0.3 is 0 Å². The standard InChI is InChI=1S/C15H14ClFN2O2/c1-9-6-10(2)14(19(20)21)7-13(9)18-8-11-4-3-5-12(16)15(11)17/h3-7,18H,8H2,1-2H3. The SMILES string of the molecule is Cc1cc(C)c([N+](=O)[O-])cc1NCc1cccc(Cl)c1F. The number of nitrogens with zero attached hydrogens (tertiary/aromatic N) is 1. The maximum Gasteiger partial charge on any atom is 0.274 e. The molecule has 0 bridgehead atoms. The van der Waals surface area contributed by atoms with Gasteiger partial charge in [0, 0.05) is 29.4 Å². The number of hydrogen-bond donors (Lipinski definition) is 1. The number of anilines is 1. The summed E-state index contributed by atoms with van der Waals surface area (Å²) in [4.78, 5) is 10.5. The Balaban J connectivity index is 2.26. The van der Waals surface area contributed by atoms with Gasteiger partial charge in [0.15, 0.2) is 0 Å². The van der Waals surface area contributed by atoms with Gasteiger partial charge in [-0.1, -0.05) is 23.7 Å². The zero-order chi connectivity index (χ0) is 15.6. The average molecular weight is 309 g/mol. The number of nitro benzene ring substituents is 1. The van der Waals surface area contributed by atoms with Crippen LogP contribution in [-0.2, 0) is 6.54 Å². The second kappa shape index (κ2) is 6.10. The fraction of sp³-hybridized carbons (Fsp3) is 0.200. The monoisotopic (exact) mass is 308 g/mol. The van der Waals surface area contributed by atoms with Crippen molar-refractivity contribution in [2.24, 2.45) is 0 Å². The molecule has 0 spiro atoms. The number of halogens is 2. The smallest absolute Gasteiger partial charge is 0.274 e. The Labute approximate surface area is 126 Å². The van der Waals surface area contributed by atoms with Gasteiger partial charge in [-0.3, -0.25) is 10.1 Å². The maximum atomic E-state index is 13.8. The molecule has 4 nitrogen and oxygen atoms in total. The molecule has 2 rings (SSSR count). The van der Waals surface area contributed by atoms with E-state index in [4.69, 9.17) is 11.6 Å². The minimum absolute atomic E-state index is 0.0367. The van der Waals surface area contributed by atoms with Crippen molar-refractivity contribution in [3.05, 3.63) is 68.0 Å². The Morgan fingerprint density at radius 1 is 1.29 bits per heavy atom. The average Bonchev–Trinajstić information content (AvgIpc) is 2.41. The molecule has 0 atom stereocenters. The van der Waals surface area contributed by atoms with Crippen LogP contribution in [0.5, 0.6) is 0 Å². The molecule has 2 aromatic rings. The number of aryl methyl sites for hydroxylation is 2. The minimum atomic E-state index is -0.481. The Bertz CT molecular complexity index is 704. The van der Waals surface area contributed by atoms with Crippen molar-refractivity contribution < 1.29 is 9.31 Å². The molecule has 0 aliphatic rings. The molecule has 0 saturated carbocycles. The number of hydrogen-bond acceptors (Lipinski definition) is 3. The van der Waals surface area contributed by atoms with E-state index in [1.807, 2.05) is 6.92 Å². The van der Waals surface area contributed by atoms with Crippen molar-refractivity contribution in [1.29, 1.82) is 0 Å². The lowest BCUT2D eigenvalue weighted by Gasteiger charge is -2.11. The molecule has 0 fully saturated rings. The third-order valence-corrected chi connectivity index (χ3v) is 3.53. The van der Waals surface area contributed by atoms with Crippen molar-refractivity contribution in [2.45, 2.75) is 20.4 Å². The highest BCUT2D eigenvalue weighted by Gasteiger charge is 2.14. The van der Waals surface area contributed by atoms with E-state index in [-0.39, 0.29) is 17.3 Å². The van der Waals surface area contributed by atoms with E-state index in [0.717, 1.165) is 5.56 Å². The van der Waals surface area contributed by atoms with Crippen molar-refractivity contribution in [2.75, 3.05) is 5.32 Å². The molecule has 0 aliphatic carbocycles. The van der Waals surface area contributed by atoms with Crippen LogP contribution in [0.2, 0.25) is 5.02 Å². The topological polar surface area (TPSA) is 55.2 Å². The van der Waals surface area contributed by atoms with E-state index in [2.05, 4.69) is 5.32 Å². The highest BCUT2D eigenvalue weighted by molar-refractivity contribution is 6.30. The van der Waals surface area contributed by atoms with Crippen LogP contribution in [0, 0.1) is 29.8 Å². The summed E-state index contributed by atoms with van der Waals surface area (Å²) in [6.45, 7) is 3.73. The predicted molar refractivity (Wildman–Crippen MR) is 81.3 cm³/mol. The highest BCUT2D eigenvalue weighted by atomic mass is 35.5. The lowest BCUT2D eigenvalue weighted by atomic mass is 10.1. The second-order valence-corrected chi connectivity index (χ2v) is 5.18. The number of nitro groups is 1. The molecule has 0 aliphatic heterocycles. The quantitative estimate of drug-likeness (QED) is 0.662. The molecule has 0 radical (unpaired) electrons. The Morgan fingerprint density at radius 2 is 2.00 bits per heavy atom. The summed E-state index contributed by atoms with van der Waals surface area (Å²) >= 11 is 5.72. The summed E-state index contributed by atoms with van der Waals surface area (Å²) in [5.74, 6) is -0.481. The molecular formula is C15H14ClFN2O2. The van der Waals surface area contributed by atoms with Gasteiger partial charge in [0.1, 0.15) is 5.82 Å². The predicted octanol–water partition coefficient (Wildman–Crippen LogP) is 4.62. The highest BCUT2D eigenvalue weighted by Crippen LogP contribution is 2.27. The third-order valence-electron chi connectivity index (χ3n) is 3.24. The van der Waals surface area contributed by atoms with Crippen molar-refractivity contribution in [3.8, 4) is 0 Å². The Morgan fingerprint density at radius 3 is 2.67 bits per heavy atom. The molecule has 0 saturated heterocycles. The van der Waals surface area contributed by atoms with Gasteiger partial charge in [-0.05, 0) is 31.5 Å². The molecule has 6 heteroatoms. The van der Waals surface area contributed by atoms with Crippen LogP contribution in [-0.4, -0.2) is 4.92 Å². The lowest BCUT2D eigenvalue weighted by Crippen LogP contribution is -2.04. The van der Waals surface area contributed by atoms with Crippen molar-refractivity contribution >= 4 is 23.0 Å². The molecule has 21 heavy (non-hydrogen) atoms. The summed E-state index contributed by atoms with van der Waals surface area (Å²) in [6.07, 6.45) is 0. The third kappa shape index (κ3) is 3.31. The van der Waals surface area contributed by atoms with Crippen LogP contribution >= 0.6 is 11.6 Å². The van der Waals surface area contributed by atoms with Gasteiger partial charge in [0.25, 0.3) is 5.69 Å². The molecule has 0 aromatic heterocycles. The van der Waals surface area contributed by atoms with Crippen molar-refractivity contribution in [3.63, 3.8) is 0 Å². The first-order valence-electron chi connectivity index (χ1n) is 6.32. The van der Waals surface area contributed by atoms with Crippen LogP contribution < -0.4 is 5.32 Å². The minimum Gasteiger partial charge on any atom is -0.380 e. The first-order chi connectivity index (χ1) is 9.90. The van der Waals surface area contributed by atoms with Crippen LogP contribution in [0.3, 0.4) is 0 Å². The molecule has 2 aromatic carbocycles. The van der Waals surface area contributed by atoms with E-state index in [9.17, 15) is 14.5 Å². The summed E-state index contributed by atoms with van der Waals surface area (Å²) < 4.78 is 13.8. The summed E-state index contributed by atoms with van der Waals surface area (Å²) in [7, 11) is 0. The number of rotatable bonds is 4. The zero-order valence-corrected chi connectivity index (χ0v) is 12.4. The van der Waals surface area contributed by atoms with Gasteiger partial charge in [0.05, 0.1) is 9.95 Å². The Hall–Kier alpha value is -2.14. The zero-order valence-electron chi connectivity index (χ0n) is 11.6. The van der Waals surface area contributed by atoms with E-state index in [0.29, 0.717) is 16.8 Å². The van der Waals surface area contributed by atoms with E-state index >= 15 is 0 Å².